The van der Waals surface area contributed by atoms with E-state index in [1.54, 1.807) is 6.92 Å². The molecule has 1 atom stereocenters. The smallest absolute Gasteiger partial charge is 0.663 e. The monoisotopic (exact) mass is 66.1 g/mol. The van der Waals surface area contributed by atoms with Gasteiger partial charge in [-0.15, -0.1) is 0 Å². The standard InChI is InChI=1S/C2H7N2.Li/c1-2(3)4;/h2-3H,4H2,1H3;/q-1;+1. The Morgan fingerprint density at radius 3 is 1.80 bits per heavy atom. The molecule has 0 fully saturated rings. The Hall–Kier alpha value is 0.517. The van der Waals surface area contributed by atoms with Crippen LogP contribution < -0.4 is 24.6 Å². The molecule has 5 heavy (non-hydrogen) atoms. The van der Waals surface area contributed by atoms with Gasteiger partial charge in [-0.05, 0) is 0 Å². The molecule has 1 unspecified atom stereocenters. The molecule has 0 saturated heterocycles. The molecule has 0 aromatic heterocycles. The summed E-state index contributed by atoms with van der Waals surface area (Å²) in [5, 5.41) is 0. The molecule has 0 aliphatic rings. The summed E-state index contributed by atoms with van der Waals surface area (Å²) >= 11 is 0. The van der Waals surface area contributed by atoms with Gasteiger partial charge in [0.2, 0.25) is 0 Å². The summed E-state index contributed by atoms with van der Waals surface area (Å²) < 4.78 is 0. The first-order valence-electron chi connectivity index (χ1n) is 1.20. The predicted octanol–water partition coefficient (Wildman–Crippen LogP) is -2.65. The Labute approximate surface area is 44.1 Å². The third-order valence-corrected chi connectivity index (χ3v) is 0. The van der Waals surface area contributed by atoms with Gasteiger partial charge in [0.15, 0.2) is 0 Å². The Bertz CT molecular complexity index is 12.4. The zero-order chi connectivity index (χ0) is 3.58. The fourth-order valence-electron chi connectivity index (χ4n) is 0. The van der Waals surface area contributed by atoms with E-state index in [2.05, 4.69) is 0 Å². The van der Waals surface area contributed by atoms with Crippen LogP contribution in [-0.2, 0) is 0 Å². The molecule has 0 aromatic carbocycles. The summed E-state index contributed by atoms with van der Waals surface area (Å²) in [6.45, 7) is 1.61. The average molecular weight is 66.0 g/mol. The molecule has 26 valence electrons. The van der Waals surface area contributed by atoms with Crippen LogP contribution in [0, 0.1) is 0 Å². The van der Waals surface area contributed by atoms with Crippen LogP contribution in [0.1, 0.15) is 6.92 Å². The molecular formula is C2H7LiN2. The van der Waals surface area contributed by atoms with Gasteiger partial charge in [-0.3, -0.25) is 0 Å². The van der Waals surface area contributed by atoms with Crippen LogP contribution in [0.25, 0.3) is 5.73 Å². The van der Waals surface area contributed by atoms with Crippen molar-refractivity contribution in [3.05, 3.63) is 5.73 Å². The largest absolute Gasteiger partial charge is 1.00 e. The van der Waals surface area contributed by atoms with Crippen LogP contribution in [0.15, 0.2) is 0 Å². The van der Waals surface area contributed by atoms with Gasteiger partial charge in [0.05, 0.1) is 0 Å². The third kappa shape index (κ3) is 107. The summed E-state index contributed by atoms with van der Waals surface area (Å²) in [5.41, 5.74) is 11.1. The van der Waals surface area contributed by atoms with Crippen molar-refractivity contribution in [1.82, 2.24) is 0 Å². The second-order valence-corrected chi connectivity index (χ2v) is 0.789. The van der Waals surface area contributed by atoms with E-state index in [-0.39, 0.29) is 18.9 Å². The summed E-state index contributed by atoms with van der Waals surface area (Å²) in [7, 11) is 0. The van der Waals surface area contributed by atoms with Crippen molar-refractivity contribution < 1.29 is 18.9 Å². The van der Waals surface area contributed by atoms with E-state index < -0.39 is 6.17 Å². The van der Waals surface area contributed by atoms with Crippen molar-refractivity contribution in [2.24, 2.45) is 5.73 Å². The zero-order valence-corrected chi connectivity index (χ0v) is 3.65. The average Bonchev–Trinajstić information content (AvgIpc) is 0.811. The van der Waals surface area contributed by atoms with E-state index in [4.69, 9.17) is 11.5 Å². The topological polar surface area (TPSA) is 49.8 Å². The van der Waals surface area contributed by atoms with E-state index in [9.17, 15) is 0 Å². The number of hydrogen-bond donors (Lipinski definition) is 1. The first-order chi connectivity index (χ1) is 1.73. The summed E-state index contributed by atoms with van der Waals surface area (Å²) in [6.07, 6.45) is -0.417. The number of nitrogens with one attached hydrogen (secondary N) is 1. The minimum Gasteiger partial charge on any atom is -0.663 e. The number of hydrogen-bond acceptors (Lipinski definition) is 1. The van der Waals surface area contributed by atoms with Gasteiger partial charge in [-0.2, -0.15) is 0 Å². The summed E-state index contributed by atoms with van der Waals surface area (Å²) in [4.78, 5) is 0. The van der Waals surface area contributed by atoms with Crippen molar-refractivity contribution in [2.45, 2.75) is 13.1 Å². The molecule has 0 saturated carbocycles. The molecule has 0 aromatic rings. The van der Waals surface area contributed by atoms with E-state index in [0.717, 1.165) is 0 Å². The van der Waals surface area contributed by atoms with Gasteiger partial charge in [-0.1, -0.05) is 13.1 Å². The molecule has 2 nitrogen and oxygen atoms in total. The number of rotatable bonds is 0. The van der Waals surface area contributed by atoms with Crippen molar-refractivity contribution in [1.29, 1.82) is 0 Å². The van der Waals surface area contributed by atoms with E-state index in [1.165, 1.54) is 0 Å². The summed E-state index contributed by atoms with van der Waals surface area (Å²) in [6, 6.07) is 0. The van der Waals surface area contributed by atoms with E-state index in [1.807, 2.05) is 0 Å². The van der Waals surface area contributed by atoms with Gasteiger partial charge in [0.1, 0.15) is 0 Å². The second-order valence-electron chi connectivity index (χ2n) is 0.789. The first-order valence-corrected chi connectivity index (χ1v) is 1.20. The predicted molar refractivity (Wildman–Crippen MR) is 18.0 cm³/mol. The maximum absolute atomic E-state index is 6.36. The van der Waals surface area contributed by atoms with E-state index in [0.29, 0.717) is 0 Å². The third-order valence-electron chi connectivity index (χ3n) is 0. The van der Waals surface area contributed by atoms with Gasteiger partial charge in [0, 0.05) is 0 Å². The SMILES string of the molecule is CC([NH-])N.[Li+]. The van der Waals surface area contributed by atoms with Gasteiger partial charge < -0.3 is 11.5 Å². The van der Waals surface area contributed by atoms with Crippen LogP contribution in [0.5, 0.6) is 0 Å². The maximum Gasteiger partial charge on any atom is 1.00 e. The van der Waals surface area contributed by atoms with Crippen LogP contribution in [-0.4, -0.2) is 6.17 Å². The fraction of sp³-hybridized carbons (Fsp3) is 1.00. The molecule has 0 bridgehead atoms. The molecule has 0 aliphatic carbocycles. The van der Waals surface area contributed by atoms with Gasteiger partial charge in [0.25, 0.3) is 0 Å². The Balaban J connectivity index is 0. The minimum absolute atomic E-state index is 0. The van der Waals surface area contributed by atoms with Gasteiger partial charge >= 0.3 is 18.9 Å². The minimum atomic E-state index is -0.417. The Morgan fingerprint density at radius 1 is 1.80 bits per heavy atom. The molecule has 0 aliphatic heterocycles. The van der Waals surface area contributed by atoms with Crippen LogP contribution >= 0.6 is 0 Å². The van der Waals surface area contributed by atoms with Crippen LogP contribution in [0.3, 0.4) is 0 Å². The second kappa shape index (κ2) is 4.52. The Morgan fingerprint density at radius 2 is 1.80 bits per heavy atom. The molecule has 0 rings (SSSR count). The molecule has 0 radical (unpaired) electrons. The summed E-state index contributed by atoms with van der Waals surface area (Å²) in [5.74, 6) is 0. The number of nitrogens with two attached hydrogens (primary N) is 1. The fourth-order valence-corrected chi connectivity index (χ4v) is 0. The van der Waals surface area contributed by atoms with Crippen molar-refractivity contribution in [2.75, 3.05) is 0 Å². The molecule has 3 heteroatoms. The van der Waals surface area contributed by atoms with Crippen molar-refractivity contribution >= 4 is 0 Å². The molecule has 0 heterocycles. The van der Waals surface area contributed by atoms with Crippen LogP contribution in [0.2, 0.25) is 0 Å². The quantitative estimate of drug-likeness (QED) is 0.308. The van der Waals surface area contributed by atoms with E-state index >= 15 is 0 Å². The first kappa shape index (κ1) is 9.10. The van der Waals surface area contributed by atoms with Crippen LogP contribution in [0.4, 0.5) is 0 Å². The zero-order valence-electron chi connectivity index (χ0n) is 3.65. The maximum atomic E-state index is 6.36. The molecular weight excluding hydrogens is 59.0 g/mol. The van der Waals surface area contributed by atoms with Gasteiger partial charge in [-0.25, -0.2) is 0 Å². The molecule has 0 amide bonds. The normalized spacial score (nSPS) is 12.6. The molecule has 0 spiro atoms. The van der Waals surface area contributed by atoms with Crippen molar-refractivity contribution in [3.63, 3.8) is 0 Å². The molecule has 3 N–H and O–H groups in total. The Kier molecular flexibility index (Phi) is 8.22. The van der Waals surface area contributed by atoms with Crippen molar-refractivity contribution in [3.8, 4) is 0 Å².